The maximum absolute atomic E-state index is 12.8. The molecule has 38 heavy (non-hydrogen) atoms. The number of hydrogen-bond donors (Lipinski definition) is 1. The van der Waals surface area contributed by atoms with E-state index in [2.05, 4.69) is 46.3 Å². The van der Waals surface area contributed by atoms with Crippen molar-refractivity contribution in [3.8, 4) is 0 Å². The Morgan fingerprint density at radius 2 is 1.58 bits per heavy atom. The number of halogens is 3. The molecule has 2 aromatic carbocycles. The minimum absolute atomic E-state index is 0.0999. The van der Waals surface area contributed by atoms with Gasteiger partial charge in [-0.25, -0.2) is 0 Å². The van der Waals surface area contributed by atoms with E-state index >= 15 is 0 Å². The van der Waals surface area contributed by atoms with Gasteiger partial charge < -0.3 is 20.0 Å². The highest BCUT2D eigenvalue weighted by Crippen LogP contribution is 2.37. The molecule has 206 valence electrons. The fraction of sp³-hybridized carbons (Fsp3) is 0.552. The standard InChI is InChI=1S/C29H37F3N4OS/c1-21-4-8-26(9-5-21)36-19-22-17-34(18-23(22)20-36)14-2-3-28(37)35-15-12-25(13-16-35)33-24-6-10-27(11-7-24)38-29(30,31)32/h4-11,22-23,25,33H,2-3,12-20H2,1H3/t22-,23?/m0/s1. The van der Waals surface area contributed by atoms with Gasteiger partial charge in [0.25, 0.3) is 0 Å². The number of nitrogens with one attached hydrogen (secondary N) is 1. The van der Waals surface area contributed by atoms with Crippen molar-refractivity contribution >= 4 is 29.0 Å². The second-order valence-corrected chi connectivity index (χ2v) is 12.1. The predicted molar refractivity (Wildman–Crippen MR) is 148 cm³/mol. The summed E-state index contributed by atoms with van der Waals surface area (Å²) in [6, 6.07) is 15.4. The zero-order valence-corrected chi connectivity index (χ0v) is 22.7. The molecule has 3 aliphatic rings. The van der Waals surface area contributed by atoms with Crippen LogP contribution in [0.15, 0.2) is 53.4 Å². The normalized spacial score (nSPS) is 22.6. The zero-order valence-electron chi connectivity index (χ0n) is 21.9. The van der Waals surface area contributed by atoms with E-state index in [1.165, 1.54) is 23.4 Å². The van der Waals surface area contributed by atoms with Crippen molar-refractivity contribution in [1.82, 2.24) is 9.80 Å². The number of carbonyl (C=O) groups excluding carboxylic acids is 1. The quantitative estimate of drug-likeness (QED) is 0.420. The van der Waals surface area contributed by atoms with Crippen LogP contribution in [0, 0.1) is 18.8 Å². The average molecular weight is 547 g/mol. The van der Waals surface area contributed by atoms with Gasteiger partial charge in [-0.3, -0.25) is 4.79 Å². The van der Waals surface area contributed by atoms with Crippen LogP contribution in [-0.4, -0.2) is 73.1 Å². The number of likely N-dealkylation sites (tertiary alicyclic amines) is 2. The summed E-state index contributed by atoms with van der Waals surface area (Å²) in [5.74, 6) is 1.68. The first-order valence-corrected chi connectivity index (χ1v) is 14.5. The molecule has 1 N–H and O–H groups in total. The maximum atomic E-state index is 12.8. The Kier molecular flexibility index (Phi) is 8.43. The zero-order chi connectivity index (χ0) is 26.7. The summed E-state index contributed by atoms with van der Waals surface area (Å²) in [7, 11) is 0. The first-order chi connectivity index (χ1) is 18.2. The van der Waals surface area contributed by atoms with E-state index in [0.29, 0.717) is 6.42 Å². The molecule has 0 bridgehead atoms. The third-order valence-corrected chi connectivity index (χ3v) is 8.87. The summed E-state index contributed by atoms with van der Waals surface area (Å²) in [5.41, 5.74) is -0.825. The van der Waals surface area contributed by atoms with Gasteiger partial charge in [-0.15, -0.1) is 0 Å². The van der Waals surface area contributed by atoms with Crippen molar-refractivity contribution < 1.29 is 18.0 Å². The summed E-state index contributed by atoms with van der Waals surface area (Å²) in [5, 5.41) is 3.41. The number of alkyl halides is 3. The van der Waals surface area contributed by atoms with Crippen LogP contribution in [-0.2, 0) is 4.79 Å². The molecule has 1 unspecified atom stereocenters. The molecule has 0 spiro atoms. The number of piperidine rings is 1. The van der Waals surface area contributed by atoms with Crippen LogP contribution < -0.4 is 10.2 Å². The number of amides is 1. The lowest BCUT2D eigenvalue weighted by Crippen LogP contribution is -2.42. The molecule has 3 heterocycles. The summed E-state index contributed by atoms with van der Waals surface area (Å²) in [6.07, 6.45) is 3.19. The van der Waals surface area contributed by atoms with Crippen LogP contribution in [0.5, 0.6) is 0 Å². The van der Waals surface area contributed by atoms with E-state index in [9.17, 15) is 18.0 Å². The second-order valence-electron chi connectivity index (χ2n) is 11.0. The van der Waals surface area contributed by atoms with Gasteiger partial charge in [0.05, 0.1) is 0 Å². The largest absolute Gasteiger partial charge is 0.446 e. The molecule has 0 aromatic heterocycles. The lowest BCUT2D eigenvalue weighted by molar-refractivity contribution is -0.132. The third kappa shape index (κ3) is 7.17. The molecule has 2 atom stereocenters. The number of fused-ring (bicyclic) bond motifs is 1. The van der Waals surface area contributed by atoms with Crippen LogP contribution in [0.4, 0.5) is 24.5 Å². The van der Waals surface area contributed by atoms with Gasteiger partial charge in [-0.2, -0.15) is 13.2 Å². The van der Waals surface area contributed by atoms with E-state index in [1.807, 2.05) is 4.90 Å². The number of carbonyl (C=O) groups is 1. The smallest absolute Gasteiger partial charge is 0.382 e. The lowest BCUT2D eigenvalue weighted by Gasteiger charge is -2.33. The van der Waals surface area contributed by atoms with Gasteiger partial charge in [0.1, 0.15) is 0 Å². The SMILES string of the molecule is Cc1ccc(N2CC3CN(CCCC(=O)N4CCC(Nc5ccc(SC(F)(F)F)cc5)CC4)C[C@H]3C2)cc1. The summed E-state index contributed by atoms with van der Waals surface area (Å²) < 4.78 is 37.5. The van der Waals surface area contributed by atoms with Crippen molar-refractivity contribution in [2.24, 2.45) is 11.8 Å². The van der Waals surface area contributed by atoms with Crippen molar-refractivity contribution in [3.63, 3.8) is 0 Å². The number of anilines is 2. The number of rotatable bonds is 8. The Morgan fingerprint density at radius 3 is 2.18 bits per heavy atom. The molecular weight excluding hydrogens is 509 g/mol. The second kappa shape index (κ2) is 11.8. The average Bonchev–Trinajstić information content (AvgIpc) is 3.44. The minimum Gasteiger partial charge on any atom is -0.382 e. The Labute approximate surface area is 227 Å². The summed E-state index contributed by atoms with van der Waals surface area (Å²) >= 11 is -0.0999. The molecule has 9 heteroatoms. The lowest BCUT2D eigenvalue weighted by atomic mass is 10.0. The summed E-state index contributed by atoms with van der Waals surface area (Å²) in [6.45, 7) is 9.08. The molecule has 3 saturated heterocycles. The maximum Gasteiger partial charge on any atom is 0.446 e. The van der Waals surface area contributed by atoms with Gasteiger partial charge in [-0.05, 0) is 92.7 Å². The minimum atomic E-state index is -4.27. The van der Waals surface area contributed by atoms with Crippen molar-refractivity contribution in [3.05, 3.63) is 54.1 Å². The predicted octanol–water partition coefficient (Wildman–Crippen LogP) is 5.86. The highest BCUT2D eigenvalue weighted by Gasteiger charge is 2.39. The van der Waals surface area contributed by atoms with E-state index in [-0.39, 0.29) is 28.6 Å². The molecule has 0 radical (unpaired) electrons. The number of thioether (sulfide) groups is 1. The number of benzene rings is 2. The van der Waals surface area contributed by atoms with Crippen LogP contribution in [0.2, 0.25) is 0 Å². The molecule has 5 nitrogen and oxygen atoms in total. The topological polar surface area (TPSA) is 38.8 Å². The number of nitrogens with zero attached hydrogens (tertiary/aromatic N) is 3. The molecule has 3 fully saturated rings. The van der Waals surface area contributed by atoms with Crippen molar-refractivity contribution in [2.45, 2.75) is 49.1 Å². The van der Waals surface area contributed by atoms with Gasteiger partial charge >= 0.3 is 5.51 Å². The van der Waals surface area contributed by atoms with Crippen LogP contribution in [0.25, 0.3) is 0 Å². The van der Waals surface area contributed by atoms with Gasteiger partial charge in [0.2, 0.25) is 5.91 Å². The fourth-order valence-corrected chi connectivity index (χ4v) is 6.65. The molecular formula is C29H37F3N4OS. The molecule has 0 aliphatic carbocycles. The molecule has 3 aliphatic heterocycles. The molecule has 1 amide bonds. The Morgan fingerprint density at radius 1 is 0.947 bits per heavy atom. The number of aryl methyl sites for hydroxylation is 1. The highest BCUT2D eigenvalue weighted by atomic mass is 32.2. The van der Waals surface area contributed by atoms with E-state index in [1.54, 1.807) is 12.1 Å². The van der Waals surface area contributed by atoms with E-state index in [0.717, 1.165) is 82.6 Å². The Balaban J connectivity index is 0.972. The van der Waals surface area contributed by atoms with Gasteiger partial charge in [0.15, 0.2) is 0 Å². The molecule has 5 rings (SSSR count). The Bertz CT molecular complexity index is 1060. The Hall–Kier alpha value is -2.39. The van der Waals surface area contributed by atoms with Crippen molar-refractivity contribution in [1.29, 1.82) is 0 Å². The third-order valence-electron chi connectivity index (χ3n) is 8.13. The van der Waals surface area contributed by atoms with E-state index in [4.69, 9.17) is 0 Å². The van der Waals surface area contributed by atoms with Crippen LogP contribution in [0.3, 0.4) is 0 Å². The molecule has 0 saturated carbocycles. The van der Waals surface area contributed by atoms with Gasteiger partial charge in [-0.1, -0.05) is 17.7 Å². The summed E-state index contributed by atoms with van der Waals surface area (Å²) in [4.78, 5) is 20.0. The van der Waals surface area contributed by atoms with Gasteiger partial charge in [0, 0.05) is 68.0 Å². The first-order valence-electron chi connectivity index (χ1n) is 13.7. The number of hydrogen-bond acceptors (Lipinski definition) is 5. The fourth-order valence-electron chi connectivity index (χ4n) is 6.11. The van der Waals surface area contributed by atoms with Crippen molar-refractivity contribution in [2.75, 3.05) is 56.0 Å². The highest BCUT2D eigenvalue weighted by molar-refractivity contribution is 8.00. The van der Waals surface area contributed by atoms with E-state index < -0.39 is 5.51 Å². The molecule has 2 aromatic rings. The monoisotopic (exact) mass is 546 g/mol. The van der Waals surface area contributed by atoms with Crippen LogP contribution in [0.1, 0.15) is 31.2 Å². The first kappa shape index (κ1) is 27.2. The van der Waals surface area contributed by atoms with Crippen LogP contribution >= 0.6 is 11.8 Å².